The van der Waals surface area contributed by atoms with E-state index in [2.05, 4.69) is 43.3 Å². The summed E-state index contributed by atoms with van der Waals surface area (Å²) in [5, 5.41) is 7.04. The molecular formula is C26H26ClN3O. The highest BCUT2D eigenvalue weighted by Gasteiger charge is 2.33. The summed E-state index contributed by atoms with van der Waals surface area (Å²) in [6.07, 6.45) is 0.640. The summed E-state index contributed by atoms with van der Waals surface area (Å²) in [6.45, 7) is 3.05. The predicted octanol–water partition coefficient (Wildman–Crippen LogP) is 5.46. The van der Waals surface area contributed by atoms with Crippen LogP contribution < -0.4 is 0 Å². The number of hydrogen-bond donors (Lipinski definition) is 0. The molecule has 0 aliphatic carbocycles. The number of benzene rings is 3. The first-order valence-electron chi connectivity index (χ1n) is 10.4. The summed E-state index contributed by atoms with van der Waals surface area (Å²) in [6, 6.07) is 26.0. The Labute approximate surface area is 188 Å². The first kappa shape index (κ1) is 21.3. The Morgan fingerprint density at radius 1 is 1.03 bits per heavy atom. The largest absolute Gasteiger partial charge is 0.293 e. The van der Waals surface area contributed by atoms with Gasteiger partial charge in [-0.2, -0.15) is 5.10 Å². The Morgan fingerprint density at radius 3 is 2.42 bits per heavy atom. The lowest BCUT2D eigenvalue weighted by atomic mass is 9.97. The Balaban J connectivity index is 1.57. The van der Waals surface area contributed by atoms with Crippen LogP contribution in [0.15, 0.2) is 84.0 Å². The third-order valence-corrected chi connectivity index (χ3v) is 5.84. The molecule has 0 saturated heterocycles. The lowest BCUT2D eigenvalue weighted by Crippen LogP contribution is -2.36. The van der Waals surface area contributed by atoms with Gasteiger partial charge < -0.3 is 0 Å². The first-order chi connectivity index (χ1) is 15.0. The maximum Gasteiger partial charge on any atom is 0.257 e. The minimum Gasteiger partial charge on any atom is -0.293 e. The second kappa shape index (κ2) is 9.46. The third-order valence-electron chi connectivity index (χ3n) is 5.51. The molecule has 1 heterocycles. The van der Waals surface area contributed by atoms with E-state index in [1.54, 1.807) is 5.01 Å². The van der Waals surface area contributed by atoms with E-state index in [0.29, 0.717) is 18.0 Å². The zero-order chi connectivity index (χ0) is 21.8. The predicted molar refractivity (Wildman–Crippen MR) is 126 cm³/mol. The second-order valence-electron chi connectivity index (χ2n) is 8.05. The van der Waals surface area contributed by atoms with Crippen LogP contribution in [0, 0.1) is 6.92 Å². The minimum absolute atomic E-state index is 0.0222. The van der Waals surface area contributed by atoms with E-state index in [0.717, 1.165) is 16.8 Å². The van der Waals surface area contributed by atoms with Crippen LogP contribution in [-0.4, -0.2) is 35.1 Å². The minimum atomic E-state index is -0.135. The van der Waals surface area contributed by atoms with Gasteiger partial charge in [0.15, 0.2) is 0 Å². The third kappa shape index (κ3) is 5.04. The van der Waals surface area contributed by atoms with Gasteiger partial charge in [0.2, 0.25) is 0 Å². The molecule has 4 rings (SSSR count). The number of carbonyl (C=O) groups excluding carboxylic acids is 1. The van der Waals surface area contributed by atoms with Crippen LogP contribution in [0.25, 0.3) is 0 Å². The van der Waals surface area contributed by atoms with Gasteiger partial charge in [0.1, 0.15) is 0 Å². The van der Waals surface area contributed by atoms with Crippen LogP contribution in [0.2, 0.25) is 5.02 Å². The Hall–Kier alpha value is -2.95. The number of halogens is 1. The molecule has 3 aromatic rings. The van der Waals surface area contributed by atoms with Gasteiger partial charge in [0.25, 0.3) is 5.91 Å². The molecule has 0 unspecified atom stereocenters. The molecule has 31 heavy (non-hydrogen) atoms. The fraction of sp³-hybridized carbons (Fsp3) is 0.231. The number of nitrogens with zero attached hydrogens (tertiary/aromatic N) is 3. The van der Waals surface area contributed by atoms with E-state index in [9.17, 15) is 4.79 Å². The highest BCUT2D eigenvalue weighted by atomic mass is 35.5. The van der Waals surface area contributed by atoms with Crippen LogP contribution in [0.3, 0.4) is 0 Å². The van der Waals surface area contributed by atoms with Crippen LogP contribution in [0.4, 0.5) is 0 Å². The number of rotatable bonds is 6. The van der Waals surface area contributed by atoms with Crippen molar-refractivity contribution in [1.82, 2.24) is 9.91 Å². The normalized spacial score (nSPS) is 15.9. The van der Waals surface area contributed by atoms with Gasteiger partial charge in [-0.1, -0.05) is 90.0 Å². The zero-order valence-electron chi connectivity index (χ0n) is 17.8. The molecule has 0 radical (unpaired) electrons. The van der Waals surface area contributed by atoms with Gasteiger partial charge in [-0.15, -0.1) is 0 Å². The summed E-state index contributed by atoms with van der Waals surface area (Å²) in [5.41, 5.74) is 5.17. The quantitative estimate of drug-likeness (QED) is 0.519. The van der Waals surface area contributed by atoms with E-state index in [1.807, 2.05) is 54.4 Å². The Bertz CT molecular complexity index is 1080. The topological polar surface area (TPSA) is 35.9 Å². The highest BCUT2D eigenvalue weighted by Crippen LogP contribution is 2.34. The van der Waals surface area contributed by atoms with Gasteiger partial charge in [0, 0.05) is 23.6 Å². The van der Waals surface area contributed by atoms with Crippen molar-refractivity contribution in [2.75, 3.05) is 13.6 Å². The standard InChI is InChI=1S/C26H26ClN3O/c1-19-12-14-21(15-13-19)25-16-24(22-10-6-7-11-23(22)27)28-30(25)26(31)18-29(2)17-20-8-4-3-5-9-20/h3-15,25H,16-18H2,1-2H3/t25-/m1/s1. The molecule has 1 aliphatic heterocycles. The molecule has 0 spiro atoms. The van der Waals surface area contributed by atoms with E-state index in [1.165, 1.54) is 11.1 Å². The molecule has 5 heteroatoms. The van der Waals surface area contributed by atoms with E-state index in [-0.39, 0.29) is 18.5 Å². The lowest BCUT2D eigenvalue weighted by Gasteiger charge is -2.25. The molecule has 0 aromatic heterocycles. The lowest BCUT2D eigenvalue weighted by molar-refractivity contribution is -0.134. The molecular weight excluding hydrogens is 406 g/mol. The molecule has 1 aliphatic rings. The van der Waals surface area contributed by atoms with Crippen molar-refractivity contribution in [3.63, 3.8) is 0 Å². The molecule has 3 aromatic carbocycles. The number of aryl methyl sites for hydroxylation is 1. The van der Waals surface area contributed by atoms with Crippen molar-refractivity contribution in [3.8, 4) is 0 Å². The van der Waals surface area contributed by atoms with Gasteiger partial charge in [0.05, 0.1) is 18.3 Å². The fourth-order valence-electron chi connectivity index (χ4n) is 3.90. The van der Waals surface area contributed by atoms with Gasteiger partial charge >= 0.3 is 0 Å². The van der Waals surface area contributed by atoms with Crippen molar-refractivity contribution in [3.05, 3.63) is 106 Å². The average Bonchev–Trinajstić information content (AvgIpc) is 3.20. The molecule has 0 fully saturated rings. The number of hydrazone groups is 1. The zero-order valence-corrected chi connectivity index (χ0v) is 18.6. The number of carbonyl (C=O) groups is 1. The molecule has 0 bridgehead atoms. The van der Waals surface area contributed by atoms with E-state index < -0.39 is 0 Å². The monoisotopic (exact) mass is 431 g/mol. The smallest absolute Gasteiger partial charge is 0.257 e. The SMILES string of the molecule is Cc1ccc([C@H]2CC(c3ccccc3Cl)=NN2C(=O)CN(C)Cc2ccccc2)cc1. The van der Waals surface area contributed by atoms with Gasteiger partial charge in [-0.3, -0.25) is 9.69 Å². The molecule has 0 N–H and O–H groups in total. The fourth-order valence-corrected chi connectivity index (χ4v) is 4.15. The summed E-state index contributed by atoms with van der Waals surface area (Å²) < 4.78 is 0. The molecule has 1 atom stereocenters. The van der Waals surface area contributed by atoms with Crippen LogP contribution >= 0.6 is 11.6 Å². The second-order valence-corrected chi connectivity index (χ2v) is 8.46. The highest BCUT2D eigenvalue weighted by molar-refractivity contribution is 6.34. The molecule has 0 saturated carbocycles. The van der Waals surface area contributed by atoms with Crippen molar-refractivity contribution in [2.45, 2.75) is 25.9 Å². The molecule has 1 amide bonds. The Morgan fingerprint density at radius 2 is 1.71 bits per heavy atom. The molecule has 158 valence electrons. The van der Waals surface area contributed by atoms with Gasteiger partial charge in [-0.05, 0) is 31.2 Å². The van der Waals surface area contributed by atoms with Crippen LogP contribution in [0.5, 0.6) is 0 Å². The van der Waals surface area contributed by atoms with Crippen molar-refractivity contribution in [2.24, 2.45) is 5.10 Å². The maximum absolute atomic E-state index is 13.3. The number of likely N-dealkylation sites (N-methyl/N-ethyl adjacent to an activating group) is 1. The van der Waals surface area contributed by atoms with Crippen molar-refractivity contribution in [1.29, 1.82) is 0 Å². The summed E-state index contributed by atoms with van der Waals surface area (Å²) >= 11 is 6.43. The summed E-state index contributed by atoms with van der Waals surface area (Å²) in [4.78, 5) is 15.3. The average molecular weight is 432 g/mol. The molecule has 4 nitrogen and oxygen atoms in total. The van der Waals surface area contributed by atoms with Crippen molar-refractivity contribution >= 4 is 23.2 Å². The van der Waals surface area contributed by atoms with E-state index in [4.69, 9.17) is 16.7 Å². The van der Waals surface area contributed by atoms with Crippen LogP contribution in [0.1, 0.15) is 34.7 Å². The maximum atomic E-state index is 13.3. The summed E-state index contributed by atoms with van der Waals surface area (Å²) in [7, 11) is 1.96. The van der Waals surface area contributed by atoms with Crippen molar-refractivity contribution < 1.29 is 4.79 Å². The van der Waals surface area contributed by atoms with Gasteiger partial charge in [-0.25, -0.2) is 5.01 Å². The first-order valence-corrected chi connectivity index (χ1v) is 10.8. The van der Waals surface area contributed by atoms with Crippen LogP contribution in [-0.2, 0) is 11.3 Å². The number of hydrogen-bond acceptors (Lipinski definition) is 3. The Kier molecular flexibility index (Phi) is 6.50. The summed E-state index contributed by atoms with van der Waals surface area (Å²) in [5.74, 6) is -0.0222. The van der Waals surface area contributed by atoms with E-state index >= 15 is 0 Å². The number of amides is 1.